The lowest BCUT2D eigenvalue weighted by Gasteiger charge is -2.26. The monoisotopic (exact) mass is 309 g/mol. The molecular formula is C15H27N5O2. The van der Waals surface area contributed by atoms with Gasteiger partial charge in [0.05, 0.1) is 6.04 Å². The summed E-state index contributed by atoms with van der Waals surface area (Å²) in [5.41, 5.74) is 0. The maximum Gasteiger partial charge on any atom is 0.315 e. The number of nitrogens with zero attached hydrogens (tertiary/aromatic N) is 3. The Morgan fingerprint density at radius 3 is 2.91 bits per heavy atom. The van der Waals surface area contributed by atoms with Gasteiger partial charge in [-0.2, -0.15) is 5.10 Å². The number of carbonyl (C=O) groups excluding carboxylic acids is 1. The molecule has 1 aliphatic heterocycles. The van der Waals surface area contributed by atoms with E-state index in [1.807, 2.05) is 25.5 Å². The molecule has 0 radical (unpaired) electrons. The molecule has 0 saturated heterocycles. The van der Waals surface area contributed by atoms with Gasteiger partial charge in [0, 0.05) is 25.6 Å². The third kappa shape index (κ3) is 3.97. The van der Waals surface area contributed by atoms with Crippen LogP contribution in [0.5, 0.6) is 0 Å². The lowest BCUT2D eigenvalue weighted by Crippen LogP contribution is -2.46. The first-order valence-corrected chi connectivity index (χ1v) is 8.16. The zero-order chi connectivity index (χ0) is 16.1. The van der Waals surface area contributed by atoms with Crippen LogP contribution in [0.3, 0.4) is 0 Å². The van der Waals surface area contributed by atoms with Crippen LogP contribution in [0.25, 0.3) is 0 Å². The second-order valence-electron chi connectivity index (χ2n) is 6.14. The normalized spacial score (nSPS) is 18.9. The lowest BCUT2D eigenvalue weighted by atomic mass is 10.0. The predicted molar refractivity (Wildman–Crippen MR) is 83.4 cm³/mol. The Balaban J connectivity index is 1.99. The molecule has 2 atom stereocenters. The minimum Gasteiger partial charge on any atom is -0.396 e. The molecule has 0 saturated carbocycles. The zero-order valence-corrected chi connectivity index (χ0v) is 13.7. The van der Waals surface area contributed by atoms with Gasteiger partial charge in [0.1, 0.15) is 5.82 Å². The van der Waals surface area contributed by atoms with E-state index in [0.717, 1.165) is 37.5 Å². The van der Waals surface area contributed by atoms with Gasteiger partial charge in [-0.3, -0.25) is 0 Å². The summed E-state index contributed by atoms with van der Waals surface area (Å²) in [5.74, 6) is 1.95. The molecule has 2 amide bonds. The lowest BCUT2D eigenvalue weighted by molar-refractivity contribution is 0.213. The Kier molecular flexibility index (Phi) is 5.76. The van der Waals surface area contributed by atoms with Crippen molar-refractivity contribution in [2.45, 2.75) is 65.1 Å². The highest BCUT2D eigenvalue weighted by Crippen LogP contribution is 2.23. The molecule has 22 heavy (non-hydrogen) atoms. The minimum absolute atomic E-state index is 0.0299. The first-order chi connectivity index (χ1) is 10.5. The molecule has 1 aromatic rings. The number of urea groups is 1. The van der Waals surface area contributed by atoms with Crippen molar-refractivity contribution in [3.8, 4) is 0 Å². The van der Waals surface area contributed by atoms with Crippen molar-refractivity contribution >= 4 is 6.03 Å². The molecule has 2 heterocycles. The van der Waals surface area contributed by atoms with Gasteiger partial charge in [-0.25, -0.2) is 14.5 Å². The van der Waals surface area contributed by atoms with Gasteiger partial charge in [-0.15, -0.1) is 0 Å². The van der Waals surface area contributed by atoms with Crippen LogP contribution in [0.2, 0.25) is 0 Å². The van der Waals surface area contributed by atoms with Crippen LogP contribution in [0.1, 0.15) is 57.7 Å². The fourth-order valence-electron chi connectivity index (χ4n) is 2.77. The Bertz CT molecular complexity index is 500. The van der Waals surface area contributed by atoms with E-state index in [1.165, 1.54) is 0 Å². The SMILES string of the molecule is CCc1nc2n(n1)CCCC2NC(=O)NC(CCO)C(C)C. The number of nitrogens with one attached hydrogen (secondary N) is 2. The molecule has 0 spiro atoms. The minimum atomic E-state index is -0.202. The van der Waals surface area contributed by atoms with Gasteiger partial charge < -0.3 is 15.7 Å². The molecule has 0 aliphatic carbocycles. The molecule has 1 aromatic heterocycles. The number of hydrogen-bond acceptors (Lipinski definition) is 4. The summed E-state index contributed by atoms with van der Waals surface area (Å²) in [6.45, 7) is 7.03. The first kappa shape index (κ1) is 16.7. The number of amides is 2. The highest BCUT2D eigenvalue weighted by atomic mass is 16.3. The molecular weight excluding hydrogens is 282 g/mol. The average molecular weight is 309 g/mol. The van der Waals surface area contributed by atoms with Crippen LogP contribution < -0.4 is 10.6 Å². The molecule has 0 bridgehead atoms. The van der Waals surface area contributed by atoms with Crippen molar-refractivity contribution in [3.63, 3.8) is 0 Å². The quantitative estimate of drug-likeness (QED) is 0.740. The van der Waals surface area contributed by atoms with Crippen molar-refractivity contribution < 1.29 is 9.90 Å². The zero-order valence-electron chi connectivity index (χ0n) is 13.7. The van der Waals surface area contributed by atoms with Gasteiger partial charge in [-0.1, -0.05) is 20.8 Å². The summed E-state index contributed by atoms with van der Waals surface area (Å²) in [6.07, 6.45) is 3.22. The molecule has 2 rings (SSSR count). The number of hydrogen-bond donors (Lipinski definition) is 3. The smallest absolute Gasteiger partial charge is 0.315 e. The fraction of sp³-hybridized carbons (Fsp3) is 0.800. The number of fused-ring (bicyclic) bond motifs is 1. The number of aliphatic hydroxyl groups excluding tert-OH is 1. The van der Waals surface area contributed by atoms with E-state index in [0.29, 0.717) is 6.42 Å². The van der Waals surface area contributed by atoms with E-state index in [4.69, 9.17) is 5.11 Å². The largest absolute Gasteiger partial charge is 0.396 e. The molecule has 7 heteroatoms. The third-order valence-corrected chi connectivity index (χ3v) is 4.10. The van der Waals surface area contributed by atoms with Crippen molar-refractivity contribution in [1.29, 1.82) is 0 Å². The van der Waals surface area contributed by atoms with Crippen molar-refractivity contribution in [3.05, 3.63) is 11.6 Å². The van der Waals surface area contributed by atoms with E-state index in [-0.39, 0.29) is 30.6 Å². The maximum atomic E-state index is 12.2. The summed E-state index contributed by atoms with van der Waals surface area (Å²) in [5, 5.41) is 19.5. The molecule has 7 nitrogen and oxygen atoms in total. The number of carbonyl (C=O) groups is 1. The summed E-state index contributed by atoms with van der Waals surface area (Å²) in [6, 6.07) is -0.326. The second-order valence-corrected chi connectivity index (χ2v) is 6.14. The van der Waals surface area contributed by atoms with Gasteiger partial charge in [-0.05, 0) is 25.2 Å². The van der Waals surface area contributed by atoms with Crippen LogP contribution in [0.4, 0.5) is 4.79 Å². The highest BCUT2D eigenvalue weighted by Gasteiger charge is 2.26. The average Bonchev–Trinajstić information content (AvgIpc) is 2.91. The summed E-state index contributed by atoms with van der Waals surface area (Å²) >= 11 is 0. The first-order valence-electron chi connectivity index (χ1n) is 8.16. The van der Waals surface area contributed by atoms with E-state index < -0.39 is 0 Å². The fourth-order valence-corrected chi connectivity index (χ4v) is 2.77. The van der Waals surface area contributed by atoms with Crippen molar-refractivity contribution in [2.75, 3.05) is 6.61 Å². The molecule has 1 aliphatic rings. The Labute approximate surface area is 131 Å². The Morgan fingerprint density at radius 1 is 1.50 bits per heavy atom. The third-order valence-electron chi connectivity index (χ3n) is 4.10. The predicted octanol–water partition coefficient (Wildman–Crippen LogP) is 1.38. The standard InChI is InChI=1S/C15H27N5O2/c1-4-13-18-14-12(6-5-8-20(14)19-13)17-15(22)16-11(7-9-21)10(2)3/h10-12,21H,4-9H2,1-3H3,(H2,16,17,22). The summed E-state index contributed by atoms with van der Waals surface area (Å²) < 4.78 is 1.90. The van der Waals surface area contributed by atoms with Crippen molar-refractivity contribution in [2.24, 2.45) is 5.92 Å². The molecule has 0 aromatic carbocycles. The van der Waals surface area contributed by atoms with E-state index in [9.17, 15) is 4.79 Å². The van der Waals surface area contributed by atoms with Crippen molar-refractivity contribution in [1.82, 2.24) is 25.4 Å². The van der Waals surface area contributed by atoms with Crippen LogP contribution in [-0.4, -0.2) is 38.6 Å². The van der Waals surface area contributed by atoms with Gasteiger partial charge >= 0.3 is 6.03 Å². The molecule has 0 fully saturated rings. The van der Waals surface area contributed by atoms with Crippen LogP contribution in [-0.2, 0) is 13.0 Å². The van der Waals surface area contributed by atoms with Gasteiger partial charge in [0.25, 0.3) is 0 Å². The van der Waals surface area contributed by atoms with E-state index >= 15 is 0 Å². The van der Waals surface area contributed by atoms with E-state index in [1.54, 1.807) is 0 Å². The topological polar surface area (TPSA) is 92.1 Å². The molecule has 2 unspecified atom stereocenters. The second kappa shape index (κ2) is 7.58. The molecule has 124 valence electrons. The Hall–Kier alpha value is -1.63. The van der Waals surface area contributed by atoms with Crippen LogP contribution in [0, 0.1) is 5.92 Å². The number of aromatic nitrogens is 3. The Morgan fingerprint density at radius 2 is 2.27 bits per heavy atom. The maximum absolute atomic E-state index is 12.2. The van der Waals surface area contributed by atoms with E-state index in [2.05, 4.69) is 20.7 Å². The number of aliphatic hydroxyl groups is 1. The molecule has 3 N–H and O–H groups in total. The van der Waals surface area contributed by atoms with Gasteiger partial charge in [0.2, 0.25) is 0 Å². The summed E-state index contributed by atoms with van der Waals surface area (Å²) in [4.78, 5) is 16.7. The van der Waals surface area contributed by atoms with Crippen LogP contribution >= 0.6 is 0 Å². The number of aryl methyl sites for hydroxylation is 2. The number of rotatable bonds is 6. The highest BCUT2D eigenvalue weighted by molar-refractivity contribution is 5.74. The van der Waals surface area contributed by atoms with Gasteiger partial charge in [0.15, 0.2) is 5.82 Å². The summed E-state index contributed by atoms with van der Waals surface area (Å²) in [7, 11) is 0. The van der Waals surface area contributed by atoms with Crippen LogP contribution in [0.15, 0.2) is 0 Å².